The van der Waals surface area contributed by atoms with Crippen LogP contribution in [0.3, 0.4) is 0 Å². The lowest BCUT2D eigenvalue weighted by Gasteiger charge is -2.37. The average Bonchev–Trinajstić information content (AvgIpc) is 2.19. The van der Waals surface area contributed by atoms with Crippen LogP contribution in [0.25, 0.3) is 0 Å². The van der Waals surface area contributed by atoms with E-state index in [0.717, 1.165) is 0 Å². The van der Waals surface area contributed by atoms with Gasteiger partial charge in [0.2, 0.25) is 0 Å². The van der Waals surface area contributed by atoms with Crippen molar-refractivity contribution in [3.05, 3.63) is 0 Å². The van der Waals surface area contributed by atoms with Crippen molar-refractivity contribution in [3.8, 4) is 0 Å². The third kappa shape index (κ3) is 4.39. The Bertz CT molecular complexity index is 218. The van der Waals surface area contributed by atoms with Gasteiger partial charge in [-0.05, 0) is 6.92 Å². The molecule has 0 radical (unpaired) electrons. The van der Waals surface area contributed by atoms with Gasteiger partial charge in [0.1, 0.15) is 24.4 Å². The molecule has 1 saturated heterocycles. The van der Waals surface area contributed by atoms with Gasteiger partial charge in [0.15, 0.2) is 6.29 Å². The van der Waals surface area contributed by atoms with Crippen LogP contribution in [0.5, 0.6) is 0 Å². The highest BCUT2D eigenvalue weighted by Gasteiger charge is 2.42. The van der Waals surface area contributed by atoms with Crippen LogP contribution in [0.1, 0.15) is 6.92 Å². The van der Waals surface area contributed by atoms with Crippen LogP contribution in [-0.4, -0.2) is 68.7 Å². The third-order valence-electron chi connectivity index (χ3n) is 1.87. The zero-order chi connectivity index (χ0) is 12.9. The van der Waals surface area contributed by atoms with Gasteiger partial charge in [-0.3, -0.25) is 5.41 Å². The second kappa shape index (κ2) is 6.74. The van der Waals surface area contributed by atoms with Crippen molar-refractivity contribution in [2.75, 3.05) is 6.61 Å². The van der Waals surface area contributed by atoms with Crippen LogP contribution in [0, 0.1) is 5.41 Å². The van der Waals surface area contributed by atoms with Crippen molar-refractivity contribution in [3.63, 3.8) is 0 Å². The fraction of sp³-hybridized carbons (Fsp3) is 0.875. The Balaban J connectivity index is 0.000000487. The van der Waals surface area contributed by atoms with Crippen LogP contribution in [-0.2, 0) is 4.74 Å². The second-order valence-corrected chi connectivity index (χ2v) is 3.40. The quantitative estimate of drug-likeness (QED) is 0.186. The van der Waals surface area contributed by atoms with E-state index in [1.54, 1.807) is 0 Å². The summed E-state index contributed by atoms with van der Waals surface area (Å²) in [5.41, 5.74) is 4.69. The van der Waals surface area contributed by atoms with E-state index in [4.69, 9.17) is 36.7 Å². The molecule has 8 heteroatoms. The molecule has 8 nitrogen and oxygen atoms in total. The molecule has 8 N–H and O–H groups in total. The van der Waals surface area contributed by atoms with E-state index in [9.17, 15) is 0 Å². The van der Waals surface area contributed by atoms with Crippen molar-refractivity contribution in [1.82, 2.24) is 0 Å². The van der Waals surface area contributed by atoms with Crippen molar-refractivity contribution in [1.29, 1.82) is 5.41 Å². The normalized spacial score (nSPS) is 38.5. The average molecular weight is 238 g/mol. The third-order valence-corrected chi connectivity index (χ3v) is 1.87. The maximum atomic E-state index is 9.12. The van der Waals surface area contributed by atoms with Gasteiger partial charge in [-0.15, -0.1) is 0 Å². The predicted molar refractivity (Wildman–Crippen MR) is 53.6 cm³/mol. The number of rotatable bonds is 1. The summed E-state index contributed by atoms with van der Waals surface area (Å²) >= 11 is 0. The molecular formula is C8H18N2O6. The van der Waals surface area contributed by atoms with Gasteiger partial charge in [-0.1, -0.05) is 0 Å². The van der Waals surface area contributed by atoms with Gasteiger partial charge in [0.05, 0.1) is 12.4 Å². The Hall–Kier alpha value is -0.770. The SMILES string of the molecule is CC(=N)N.OC[C@H]1O[C@H](O)[C@H](O)[C@@H](O)[C@@H]1O. The fourth-order valence-electron chi connectivity index (χ4n) is 1.08. The summed E-state index contributed by atoms with van der Waals surface area (Å²) in [5, 5.41) is 50.9. The Labute approximate surface area is 92.4 Å². The van der Waals surface area contributed by atoms with E-state index in [1.165, 1.54) is 6.92 Å². The molecule has 1 fully saturated rings. The first-order valence-electron chi connectivity index (χ1n) is 4.60. The molecule has 0 aromatic rings. The topological polar surface area (TPSA) is 160 Å². The van der Waals surface area contributed by atoms with Crippen LogP contribution < -0.4 is 5.73 Å². The number of hydrogen-bond acceptors (Lipinski definition) is 7. The lowest BCUT2D eigenvalue weighted by Crippen LogP contribution is -2.58. The summed E-state index contributed by atoms with van der Waals surface area (Å²) in [6.45, 7) is 1.00. The summed E-state index contributed by atoms with van der Waals surface area (Å²) in [4.78, 5) is 0. The number of hydrogen-bond donors (Lipinski definition) is 7. The van der Waals surface area contributed by atoms with Crippen LogP contribution in [0.4, 0.5) is 0 Å². The lowest BCUT2D eigenvalue weighted by atomic mass is 10.00. The lowest BCUT2D eigenvalue weighted by molar-refractivity contribution is -0.286. The highest BCUT2D eigenvalue weighted by Crippen LogP contribution is 2.18. The van der Waals surface area contributed by atoms with Gasteiger partial charge in [0.25, 0.3) is 0 Å². The molecule has 5 atom stereocenters. The maximum Gasteiger partial charge on any atom is 0.184 e. The molecule has 0 aromatic carbocycles. The molecule has 0 saturated carbocycles. The zero-order valence-electron chi connectivity index (χ0n) is 8.82. The highest BCUT2D eigenvalue weighted by molar-refractivity contribution is 5.73. The van der Waals surface area contributed by atoms with E-state index in [1.807, 2.05) is 0 Å². The minimum atomic E-state index is -1.57. The molecule has 1 aliphatic heterocycles. The van der Waals surface area contributed by atoms with E-state index in [0.29, 0.717) is 0 Å². The van der Waals surface area contributed by atoms with E-state index in [2.05, 4.69) is 4.74 Å². The van der Waals surface area contributed by atoms with Crippen molar-refractivity contribution >= 4 is 5.84 Å². The van der Waals surface area contributed by atoms with Gasteiger partial charge in [-0.2, -0.15) is 0 Å². The first-order valence-corrected chi connectivity index (χ1v) is 4.60. The molecule has 1 aliphatic rings. The standard InChI is InChI=1S/C6H12O6.C2H6N2/c7-1-2-3(8)4(9)5(10)6(11)12-2;1-2(3)4/h2-11H,1H2;1H3,(H3,3,4)/t2-,3-,4+,5-,6+;/m1./s1. The molecule has 0 bridgehead atoms. The highest BCUT2D eigenvalue weighted by atomic mass is 16.6. The van der Waals surface area contributed by atoms with Crippen molar-refractivity contribution in [2.45, 2.75) is 37.6 Å². The van der Waals surface area contributed by atoms with E-state index >= 15 is 0 Å². The summed E-state index contributed by atoms with van der Waals surface area (Å²) in [5.74, 6) is 0.167. The molecule has 96 valence electrons. The Morgan fingerprint density at radius 2 is 1.62 bits per heavy atom. The first-order chi connectivity index (χ1) is 7.31. The smallest absolute Gasteiger partial charge is 0.184 e. The monoisotopic (exact) mass is 238 g/mol. The molecule has 1 rings (SSSR count). The van der Waals surface area contributed by atoms with E-state index in [-0.39, 0.29) is 5.84 Å². The number of nitrogens with one attached hydrogen (secondary N) is 1. The molecular weight excluding hydrogens is 220 g/mol. The van der Waals surface area contributed by atoms with Gasteiger partial charge in [0, 0.05) is 0 Å². The van der Waals surface area contributed by atoms with Gasteiger partial charge >= 0.3 is 0 Å². The number of nitrogens with two attached hydrogens (primary N) is 1. The fourth-order valence-corrected chi connectivity index (χ4v) is 1.08. The minimum Gasteiger partial charge on any atom is -0.394 e. The second-order valence-electron chi connectivity index (χ2n) is 3.40. The van der Waals surface area contributed by atoms with Gasteiger partial charge in [-0.25, -0.2) is 0 Å². The Morgan fingerprint density at radius 1 is 1.19 bits per heavy atom. The molecule has 0 spiro atoms. The largest absolute Gasteiger partial charge is 0.394 e. The molecule has 16 heavy (non-hydrogen) atoms. The maximum absolute atomic E-state index is 9.12. The van der Waals surface area contributed by atoms with Crippen molar-refractivity contribution in [2.24, 2.45) is 5.73 Å². The summed E-state index contributed by atoms with van der Waals surface area (Å²) in [6, 6.07) is 0. The number of ether oxygens (including phenoxy) is 1. The van der Waals surface area contributed by atoms with Crippen LogP contribution >= 0.6 is 0 Å². The predicted octanol–water partition coefficient (Wildman–Crippen LogP) is -3.28. The number of aliphatic hydroxyl groups is 5. The first kappa shape index (κ1) is 15.2. The molecule has 1 heterocycles. The molecule has 0 unspecified atom stereocenters. The molecule has 0 amide bonds. The summed E-state index contributed by atoms with van der Waals surface area (Å²) in [7, 11) is 0. The molecule has 0 aliphatic carbocycles. The van der Waals surface area contributed by atoms with E-state index < -0.39 is 37.3 Å². The summed E-state index contributed by atoms with van der Waals surface area (Å²) < 4.78 is 4.58. The summed E-state index contributed by atoms with van der Waals surface area (Å²) in [6.07, 6.45) is -7.04. The van der Waals surface area contributed by atoms with Crippen LogP contribution in [0.2, 0.25) is 0 Å². The Kier molecular flexibility index (Phi) is 6.41. The van der Waals surface area contributed by atoms with Crippen molar-refractivity contribution < 1.29 is 30.3 Å². The zero-order valence-corrected chi connectivity index (χ0v) is 8.82. The van der Waals surface area contributed by atoms with Crippen LogP contribution in [0.15, 0.2) is 0 Å². The number of amidine groups is 1. The molecule has 0 aromatic heterocycles. The Morgan fingerprint density at radius 3 is 2.00 bits per heavy atom. The number of aliphatic hydroxyl groups excluding tert-OH is 5. The van der Waals surface area contributed by atoms with Gasteiger partial charge < -0.3 is 36.0 Å². The minimum absolute atomic E-state index is 0.167.